The number of nitrogens with two attached hydrogens (primary N) is 1. The van der Waals surface area contributed by atoms with E-state index in [9.17, 15) is 14.9 Å². The van der Waals surface area contributed by atoms with E-state index in [-0.39, 0.29) is 17.6 Å². The normalized spacial score (nSPS) is 22.6. The molecule has 1 aliphatic heterocycles. The zero-order valence-electron chi connectivity index (χ0n) is 11.7. The van der Waals surface area contributed by atoms with Crippen LogP contribution in [0.25, 0.3) is 0 Å². The van der Waals surface area contributed by atoms with Crippen LogP contribution >= 0.6 is 0 Å². The SMILES string of the molecule is Cc1ccc(C(=O)N2CCC(C)C(N)C2)cc1[N+](=O)[O-]. The van der Waals surface area contributed by atoms with Crippen molar-refractivity contribution in [2.45, 2.75) is 26.3 Å². The Labute approximate surface area is 117 Å². The van der Waals surface area contributed by atoms with Gasteiger partial charge in [0.2, 0.25) is 0 Å². The van der Waals surface area contributed by atoms with Crippen LogP contribution in [0.4, 0.5) is 5.69 Å². The van der Waals surface area contributed by atoms with Gasteiger partial charge < -0.3 is 10.6 Å². The number of piperidine rings is 1. The summed E-state index contributed by atoms with van der Waals surface area (Å²) < 4.78 is 0. The molecule has 1 aliphatic rings. The Bertz CT molecular complexity index is 544. The Morgan fingerprint density at radius 1 is 1.50 bits per heavy atom. The van der Waals surface area contributed by atoms with Gasteiger partial charge in [-0.25, -0.2) is 0 Å². The number of likely N-dealkylation sites (tertiary alicyclic amines) is 1. The molecule has 1 amide bonds. The van der Waals surface area contributed by atoms with Crippen LogP contribution in [0.2, 0.25) is 0 Å². The minimum Gasteiger partial charge on any atom is -0.337 e. The van der Waals surface area contributed by atoms with Crippen molar-refractivity contribution >= 4 is 11.6 Å². The van der Waals surface area contributed by atoms with Gasteiger partial charge in [-0.05, 0) is 25.3 Å². The van der Waals surface area contributed by atoms with Crippen LogP contribution in [0.1, 0.15) is 29.3 Å². The molecule has 0 aromatic heterocycles. The largest absolute Gasteiger partial charge is 0.337 e. The Balaban J connectivity index is 2.21. The van der Waals surface area contributed by atoms with Gasteiger partial charge in [-0.3, -0.25) is 14.9 Å². The summed E-state index contributed by atoms with van der Waals surface area (Å²) in [7, 11) is 0. The van der Waals surface area contributed by atoms with E-state index in [2.05, 4.69) is 6.92 Å². The molecular weight excluding hydrogens is 258 g/mol. The minimum absolute atomic E-state index is 0.0227. The van der Waals surface area contributed by atoms with Gasteiger partial charge >= 0.3 is 0 Å². The van der Waals surface area contributed by atoms with Crippen LogP contribution in [0.3, 0.4) is 0 Å². The topological polar surface area (TPSA) is 89.5 Å². The third-order valence-electron chi connectivity index (χ3n) is 3.96. The molecule has 1 saturated heterocycles. The number of nitrogens with zero attached hydrogens (tertiary/aromatic N) is 2. The van der Waals surface area contributed by atoms with E-state index < -0.39 is 4.92 Å². The molecule has 20 heavy (non-hydrogen) atoms. The van der Waals surface area contributed by atoms with Crippen LogP contribution in [0.15, 0.2) is 18.2 Å². The van der Waals surface area contributed by atoms with Crippen molar-refractivity contribution in [3.63, 3.8) is 0 Å². The van der Waals surface area contributed by atoms with Gasteiger partial charge in [0, 0.05) is 36.3 Å². The van der Waals surface area contributed by atoms with Gasteiger partial charge in [-0.2, -0.15) is 0 Å². The Kier molecular flexibility index (Phi) is 4.04. The fourth-order valence-electron chi connectivity index (χ4n) is 2.41. The van der Waals surface area contributed by atoms with E-state index in [1.54, 1.807) is 24.0 Å². The van der Waals surface area contributed by atoms with E-state index in [0.717, 1.165) is 6.42 Å². The molecular formula is C14H19N3O3. The molecule has 6 heteroatoms. The van der Waals surface area contributed by atoms with Crippen molar-refractivity contribution in [1.29, 1.82) is 0 Å². The lowest BCUT2D eigenvalue weighted by Gasteiger charge is -2.35. The second-order valence-electron chi connectivity index (χ2n) is 5.44. The molecule has 0 radical (unpaired) electrons. The molecule has 2 rings (SSSR count). The summed E-state index contributed by atoms with van der Waals surface area (Å²) in [4.78, 5) is 24.5. The monoisotopic (exact) mass is 277 g/mol. The molecule has 0 aliphatic carbocycles. The Hall–Kier alpha value is -1.95. The molecule has 2 N–H and O–H groups in total. The van der Waals surface area contributed by atoms with Crippen molar-refractivity contribution in [2.75, 3.05) is 13.1 Å². The molecule has 1 aromatic rings. The van der Waals surface area contributed by atoms with Gasteiger partial charge in [-0.15, -0.1) is 0 Å². The highest BCUT2D eigenvalue weighted by atomic mass is 16.6. The summed E-state index contributed by atoms with van der Waals surface area (Å²) in [6, 6.07) is 4.56. The number of rotatable bonds is 2. The third kappa shape index (κ3) is 2.80. The first kappa shape index (κ1) is 14.5. The number of hydrogen-bond donors (Lipinski definition) is 1. The molecule has 0 bridgehead atoms. The summed E-state index contributed by atoms with van der Waals surface area (Å²) in [5.41, 5.74) is 6.86. The molecule has 2 atom stereocenters. The van der Waals surface area contributed by atoms with E-state index in [1.165, 1.54) is 6.07 Å². The second-order valence-corrected chi connectivity index (χ2v) is 5.44. The smallest absolute Gasteiger partial charge is 0.273 e. The van der Waals surface area contributed by atoms with Gasteiger partial charge in [0.05, 0.1) is 4.92 Å². The van der Waals surface area contributed by atoms with E-state index in [1.807, 2.05) is 0 Å². The number of hydrogen-bond acceptors (Lipinski definition) is 4. The number of aryl methyl sites for hydroxylation is 1. The molecule has 0 spiro atoms. The van der Waals surface area contributed by atoms with Crippen molar-refractivity contribution < 1.29 is 9.72 Å². The number of nitro groups is 1. The van der Waals surface area contributed by atoms with Gasteiger partial charge in [0.25, 0.3) is 11.6 Å². The van der Waals surface area contributed by atoms with E-state index >= 15 is 0 Å². The fraction of sp³-hybridized carbons (Fsp3) is 0.500. The molecule has 1 aromatic carbocycles. The first-order valence-electron chi connectivity index (χ1n) is 6.70. The van der Waals surface area contributed by atoms with Crippen molar-refractivity contribution in [3.8, 4) is 0 Å². The summed E-state index contributed by atoms with van der Waals surface area (Å²) in [6.07, 6.45) is 0.862. The first-order chi connectivity index (χ1) is 9.40. The average molecular weight is 277 g/mol. The molecule has 6 nitrogen and oxygen atoms in total. The van der Waals surface area contributed by atoms with Crippen LogP contribution < -0.4 is 5.73 Å². The molecule has 1 heterocycles. The quantitative estimate of drug-likeness (QED) is 0.658. The van der Waals surface area contributed by atoms with Crippen molar-refractivity contribution in [1.82, 2.24) is 4.90 Å². The number of benzene rings is 1. The first-order valence-corrected chi connectivity index (χ1v) is 6.70. The number of amides is 1. The maximum absolute atomic E-state index is 12.4. The zero-order valence-corrected chi connectivity index (χ0v) is 11.7. The lowest BCUT2D eigenvalue weighted by molar-refractivity contribution is -0.385. The van der Waals surface area contributed by atoms with Gasteiger partial charge in [-0.1, -0.05) is 13.0 Å². The molecule has 108 valence electrons. The van der Waals surface area contributed by atoms with E-state index in [0.29, 0.717) is 30.1 Å². The summed E-state index contributed by atoms with van der Waals surface area (Å²) in [5.74, 6) is 0.210. The second kappa shape index (κ2) is 5.58. The standard InChI is InChI=1S/C14H19N3O3/c1-9-5-6-16(8-12(9)15)14(18)11-4-3-10(2)13(7-11)17(19)20/h3-4,7,9,12H,5-6,8,15H2,1-2H3. The fourth-order valence-corrected chi connectivity index (χ4v) is 2.41. The Morgan fingerprint density at radius 2 is 2.20 bits per heavy atom. The summed E-state index contributed by atoms with van der Waals surface area (Å²) in [5, 5.41) is 10.9. The molecule has 0 saturated carbocycles. The maximum Gasteiger partial charge on any atom is 0.273 e. The number of carbonyl (C=O) groups excluding carboxylic acids is 1. The zero-order chi connectivity index (χ0) is 14.9. The van der Waals surface area contributed by atoms with Crippen LogP contribution in [0, 0.1) is 23.0 Å². The highest BCUT2D eigenvalue weighted by molar-refractivity contribution is 5.95. The number of carbonyl (C=O) groups is 1. The summed E-state index contributed by atoms with van der Waals surface area (Å²) >= 11 is 0. The van der Waals surface area contributed by atoms with Crippen LogP contribution in [-0.4, -0.2) is 34.9 Å². The molecule has 2 unspecified atom stereocenters. The summed E-state index contributed by atoms with van der Waals surface area (Å²) in [6.45, 7) is 4.88. The number of nitro benzene ring substituents is 1. The predicted octanol–water partition coefficient (Wildman–Crippen LogP) is 1.71. The van der Waals surface area contributed by atoms with E-state index in [4.69, 9.17) is 5.73 Å². The lowest BCUT2D eigenvalue weighted by atomic mass is 9.94. The van der Waals surface area contributed by atoms with Crippen molar-refractivity contribution in [3.05, 3.63) is 39.4 Å². The Morgan fingerprint density at radius 3 is 2.80 bits per heavy atom. The van der Waals surface area contributed by atoms with Gasteiger partial charge in [0.1, 0.15) is 0 Å². The van der Waals surface area contributed by atoms with Crippen LogP contribution in [-0.2, 0) is 0 Å². The predicted molar refractivity (Wildman–Crippen MR) is 75.5 cm³/mol. The average Bonchev–Trinajstić information content (AvgIpc) is 2.41. The minimum atomic E-state index is -0.462. The van der Waals surface area contributed by atoms with Crippen molar-refractivity contribution in [2.24, 2.45) is 11.7 Å². The molecule has 1 fully saturated rings. The highest BCUT2D eigenvalue weighted by Gasteiger charge is 2.27. The van der Waals surface area contributed by atoms with Gasteiger partial charge in [0.15, 0.2) is 0 Å². The third-order valence-corrected chi connectivity index (χ3v) is 3.96. The maximum atomic E-state index is 12.4. The lowest BCUT2D eigenvalue weighted by Crippen LogP contribution is -2.49. The van der Waals surface area contributed by atoms with Crippen LogP contribution in [0.5, 0.6) is 0 Å². The highest BCUT2D eigenvalue weighted by Crippen LogP contribution is 2.22.